The molecule has 0 atom stereocenters. The molecule has 0 spiro atoms. The first-order chi connectivity index (χ1) is 8.58. The molecule has 1 aromatic heterocycles. The fourth-order valence-corrected chi connectivity index (χ4v) is 1.65. The molecule has 1 heterocycles. The summed E-state index contributed by atoms with van der Waals surface area (Å²) in [6, 6.07) is 6.22. The van der Waals surface area contributed by atoms with Crippen LogP contribution in [-0.2, 0) is 6.54 Å². The van der Waals surface area contributed by atoms with Crippen molar-refractivity contribution in [2.24, 2.45) is 5.73 Å². The summed E-state index contributed by atoms with van der Waals surface area (Å²) < 4.78 is 1.50. The van der Waals surface area contributed by atoms with Crippen molar-refractivity contribution in [1.82, 2.24) is 15.0 Å². The molecule has 0 amide bonds. The number of non-ortho nitro benzene ring substituents is 1. The molecule has 92 valence electrons. The number of nitro benzene ring substituents is 1. The van der Waals surface area contributed by atoms with Crippen molar-refractivity contribution in [1.29, 1.82) is 0 Å². The maximum absolute atomic E-state index is 10.7. The van der Waals surface area contributed by atoms with Crippen molar-refractivity contribution in [3.8, 4) is 11.3 Å². The molecule has 1 aromatic carbocycles. The van der Waals surface area contributed by atoms with Gasteiger partial charge in [0.05, 0.1) is 28.3 Å². The molecule has 0 unspecified atom stereocenters. The Morgan fingerprint density at radius 1 is 1.56 bits per heavy atom. The third kappa shape index (κ3) is 2.48. The lowest BCUT2D eigenvalue weighted by Gasteiger charge is -2.04. The largest absolute Gasteiger partial charge is 0.392 e. The molecule has 8 heteroatoms. The summed E-state index contributed by atoms with van der Waals surface area (Å²) in [4.78, 5) is 10.5. The van der Waals surface area contributed by atoms with Crippen LogP contribution in [0.5, 0.6) is 0 Å². The standard InChI is InChI=1S/C10H9N5O2S/c11-10(18)6-14-9(5-12-13-14)7-2-1-3-8(4-7)15(16)17/h1-5H,6H2,(H2,11,18). The van der Waals surface area contributed by atoms with Gasteiger partial charge >= 0.3 is 0 Å². The van der Waals surface area contributed by atoms with E-state index in [1.807, 2.05) is 0 Å². The van der Waals surface area contributed by atoms with Gasteiger partial charge in [-0.2, -0.15) is 0 Å². The number of hydrogen-bond acceptors (Lipinski definition) is 5. The second-order valence-corrected chi connectivity index (χ2v) is 4.08. The average molecular weight is 263 g/mol. The minimum absolute atomic E-state index is 0.00979. The van der Waals surface area contributed by atoms with Gasteiger partial charge in [-0.25, -0.2) is 4.68 Å². The fraction of sp³-hybridized carbons (Fsp3) is 0.100. The highest BCUT2D eigenvalue weighted by molar-refractivity contribution is 7.80. The quantitative estimate of drug-likeness (QED) is 0.504. The van der Waals surface area contributed by atoms with E-state index < -0.39 is 4.92 Å². The number of hydrogen-bond donors (Lipinski definition) is 1. The maximum atomic E-state index is 10.7. The monoisotopic (exact) mass is 263 g/mol. The minimum atomic E-state index is -0.453. The average Bonchev–Trinajstić information content (AvgIpc) is 2.76. The predicted molar refractivity (Wildman–Crippen MR) is 68.9 cm³/mol. The first kappa shape index (κ1) is 12.1. The lowest BCUT2D eigenvalue weighted by Crippen LogP contribution is -2.18. The Morgan fingerprint density at radius 2 is 2.33 bits per heavy atom. The highest BCUT2D eigenvalue weighted by atomic mass is 32.1. The van der Waals surface area contributed by atoms with Gasteiger partial charge in [0.25, 0.3) is 5.69 Å². The van der Waals surface area contributed by atoms with Gasteiger partial charge in [-0.05, 0) is 0 Å². The lowest BCUT2D eigenvalue weighted by atomic mass is 10.1. The van der Waals surface area contributed by atoms with Crippen molar-refractivity contribution < 1.29 is 4.92 Å². The zero-order valence-electron chi connectivity index (χ0n) is 9.18. The first-order valence-corrected chi connectivity index (χ1v) is 5.40. The van der Waals surface area contributed by atoms with Crippen LogP contribution >= 0.6 is 12.2 Å². The lowest BCUT2D eigenvalue weighted by molar-refractivity contribution is -0.384. The number of aromatic nitrogens is 3. The molecule has 0 bridgehead atoms. The van der Waals surface area contributed by atoms with E-state index in [-0.39, 0.29) is 17.2 Å². The molecule has 0 saturated heterocycles. The Morgan fingerprint density at radius 3 is 3.00 bits per heavy atom. The molecule has 2 N–H and O–H groups in total. The topological polar surface area (TPSA) is 99.9 Å². The normalized spacial score (nSPS) is 10.2. The molecule has 2 aromatic rings. The van der Waals surface area contributed by atoms with Gasteiger partial charge in [0.1, 0.15) is 0 Å². The van der Waals surface area contributed by atoms with E-state index in [9.17, 15) is 10.1 Å². The predicted octanol–water partition coefficient (Wildman–Crippen LogP) is 1.14. The van der Waals surface area contributed by atoms with Crippen LogP contribution < -0.4 is 5.73 Å². The summed E-state index contributed by atoms with van der Waals surface area (Å²) in [6.45, 7) is 0.243. The minimum Gasteiger partial charge on any atom is -0.392 e. The first-order valence-electron chi connectivity index (χ1n) is 4.99. The van der Waals surface area contributed by atoms with E-state index in [4.69, 9.17) is 18.0 Å². The van der Waals surface area contributed by atoms with Crippen molar-refractivity contribution in [2.75, 3.05) is 0 Å². The van der Waals surface area contributed by atoms with Gasteiger partial charge in [0, 0.05) is 17.7 Å². The van der Waals surface area contributed by atoms with E-state index >= 15 is 0 Å². The Kier molecular flexibility index (Phi) is 3.28. The van der Waals surface area contributed by atoms with E-state index in [0.29, 0.717) is 11.3 Å². The summed E-state index contributed by atoms with van der Waals surface area (Å²) in [5.74, 6) is 0. The van der Waals surface area contributed by atoms with Crippen LogP contribution in [0.25, 0.3) is 11.3 Å². The Labute approximate surface area is 107 Å². The van der Waals surface area contributed by atoms with Crippen molar-refractivity contribution in [3.05, 3.63) is 40.6 Å². The molecule has 18 heavy (non-hydrogen) atoms. The number of nitro groups is 1. The van der Waals surface area contributed by atoms with E-state index in [0.717, 1.165) is 0 Å². The van der Waals surface area contributed by atoms with Crippen LogP contribution in [0.15, 0.2) is 30.5 Å². The van der Waals surface area contributed by atoms with Gasteiger partial charge in [-0.1, -0.05) is 29.6 Å². The maximum Gasteiger partial charge on any atom is 0.270 e. The van der Waals surface area contributed by atoms with Gasteiger partial charge in [0.15, 0.2) is 0 Å². The summed E-state index contributed by atoms with van der Waals surface area (Å²) in [7, 11) is 0. The molecular formula is C10H9N5O2S. The van der Waals surface area contributed by atoms with Crippen molar-refractivity contribution in [3.63, 3.8) is 0 Å². The van der Waals surface area contributed by atoms with Crippen LogP contribution in [0.4, 0.5) is 5.69 Å². The highest BCUT2D eigenvalue weighted by Gasteiger charge is 2.11. The Hall–Kier alpha value is -2.35. The molecule has 0 aliphatic heterocycles. The fourth-order valence-electron chi connectivity index (χ4n) is 1.52. The molecule has 0 saturated carbocycles. The molecular weight excluding hydrogens is 254 g/mol. The molecule has 2 rings (SSSR count). The Balaban J connectivity index is 2.42. The van der Waals surface area contributed by atoms with E-state index in [1.165, 1.54) is 23.0 Å². The van der Waals surface area contributed by atoms with Gasteiger partial charge in [-0.3, -0.25) is 10.1 Å². The number of thiocarbonyl (C=S) groups is 1. The molecule has 0 aliphatic rings. The van der Waals surface area contributed by atoms with Gasteiger partial charge in [0.2, 0.25) is 0 Å². The van der Waals surface area contributed by atoms with Crippen molar-refractivity contribution in [2.45, 2.75) is 6.54 Å². The number of rotatable bonds is 4. The van der Waals surface area contributed by atoms with Crippen LogP contribution in [0.3, 0.4) is 0 Å². The van der Waals surface area contributed by atoms with Crippen LogP contribution in [0, 0.1) is 10.1 Å². The zero-order chi connectivity index (χ0) is 13.1. The second kappa shape index (κ2) is 4.88. The number of nitrogens with two attached hydrogens (primary N) is 1. The summed E-state index contributed by atoms with van der Waals surface area (Å²) in [6.07, 6.45) is 1.51. The number of benzene rings is 1. The SMILES string of the molecule is NC(=S)Cn1nncc1-c1cccc([N+](=O)[O-])c1. The summed E-state index contributed by atoms with van der Waals surface area (Å²) in [5.41, 5.74) is 6.73. The summed E-state index contributed by atoms with van der Waals surface area (Å²) >= 11 is 4.80. The third-order valence-electron chi connectivity index (χ3n) is 2.28. The van der Waals surface area contributed by atoms with Gasteiger partial charge in [-0.15, -0.1) is 5.10 Å². The molecule has 0 radical (unpaired) electrons. The second-order valence-electron chi connectivity index (χ2n) is 3.55. The number of nitrogens with zero attached hydrogens (tertiary/aromatic N) is 4. The highest BCUT2D eigenvalue weighted by Crippen LogP contribution is 2.22. The Bertz CT molecular complexity index is 610. The smallest absolute Gasteiger partial charge is 0.270 e. The summed E-state index contributed by atoms with van der Waals surface area (Å²) in [5, 5.41) is 18.3. The third-order valence-corrected chi connectivity index (χ3v) is 2.41. The molecule has 0 aliphatic carbocycles. The van der Waals surface area contributed by atoms with Crippen LogP contribution in [-0.4, -0.2) is 24.9 Å². The van der Waals surface area contributed by atoms with Crippen LogP contribution in [0.1, 0.15) is 0 Å². The molecule has 0 fully saturated rings. The van der Waals surface area contributed by atoms with Crippen molar-refractivity contribution >= 4 is 22.9 Å². The van der Waals surface area contributed by atoms with E-state index in [2.05, 4.69) is 10.3 Å². The van der Waals surface area contributed by atoms with E-state index in [1.54, 1.807) is 12.1 Å². The van der Waals surface area contributed by atoms with Gasteiger partial charge < -0.3 is 5.73 Å². The zero-order valence-corrected chi connectivity index (χ0v) is 10.0. The van der Waals surface area contributed by atoms with Crippen LogP contribution in [0.2, 0.25) is 0 Å². The molecule has 7 nitrogen and oxygen atoms in total.